The van der Waals surface area contributed by atoms with E-state index < -0.39 is 29.2 Å². The van der Waals surface area contributed by atoms with Gasteiger partial charge in [-0.15, -0.1) is 0 Å². The maximum absolute atomic E-state index is 14.8. The van der Waals surface area contributed by atoms with Gasteiger partial charge in [0.2, 0.25) is 0 Å². The maximum atomic E-state index is 14.8. The number of rotatable bonds is 5. The van der Waals surface area contributed by atoms with E-state index in [-0.39, 0.29) is 37.4 Å². The highest BCUT2D eigenvalue weighted by molar-refractivity contribution is 5.81. The third-order valence-electron chi connectivity index (χ3n) is 6.65. The number of carbonyl (C=O) groups is 2. The number of nitrogens with zero attached hydrogens (tertiary/aromatic N) is 5. The minimum atomic E-state index is -1.45. The van der Waals surface area contributed by atoms with E-state index in [1.54, 1.807) is 80.4 Å². The molecule has 3 aromatic heterocycles. The summed E-state index contributed by atoms with van der Waals surface area (Å²) in [5, 5.41) is 30.1. The molecule has 0 radical (unpaired) electrons. The third kappa shape index (κ3) is 8.11. The van der Waals surface area contributed by atoms with Crippen LogP contribution in [0.1, 0.15) is 59.3 Å². The number of hydrogen-bond donors (Lipinski definition) is 3. The predicted molar refractivity (Wildman–Crippen MR) is 160 cm³/mol. The van der Waals surface area contributed by atoms with Crippen LogP contribution in [0.25, 0.3) is 16.6 Å². The van der Waals surface area contributed by atoms with E-state index in [0.29, 0.717) is 22.7 Å². The molecule has 12 heteroatoms. The van der Waals surface area contributed by atoms with Gasteiger partial charge in [-0.25, -0.2) is 23.8 Å². The van der Waals surface area contributed by atoms with Crippen LogP contribution in [0.3, 0.4) is 0 Å². The van der Waals surface area contributed by atoms with Crippen LogP contribution in [-0.4, -0.2) is 71.0 Å². The van der Waals surface area contributed by atoms with Crippen LogP contribution in [0, 0.1) is 5.82 Å². The van der Waals surface area contributed by atoms with Gasteiger partial charge < -0.3 is 30.0 Å². The van der Waals surface area contributed by atoms with Gasteiger partial charge in [-0.3, -0.25) is 0 Å². The van der Waals surface area contributed by atoms with Crippen molar-refractivity contribution in [3.63, 3.8) is 0 Å². The number of aromatic nitrogens is 4. The second-order valence-corrected chi connectivity index (χ2v) is 11.6. The summed E-state index contributed by atoms with van der Waals surface area (Å²) in [6, 6.07) is 11.5. The molecule has 1 amide bonds. The third-order valence-corrected chi connectivity index (χ3v) is 6.65. The van der Waals surface area contributed by atoms with E-state index >= 15 is 0 Å². The predicted octanol–water partition coefficient (Wildman–Crippen LogP) is 5.09. The zero-order valence-electron chi connectivity index (χ0n) is 24.9. The van der Waals surface area contributed by atoms with Crippen molar-refractivity contribution in [3.8, 4) is 5.69 Å². The number of fused-ring (bicyclic) bond motifs is 1. The minimum absolute atomic E-state index is 0.167. The van der Waals surface area contributed by atoms with E-state index in [2.05, 4.69) is 20.4 Å². The van der Waals surface area contributed by atoms with Gasteiger partial charge >= 0.3 is 6.09 Å². The Balaban J connectivity index is 0.000000996. The smallest absolute Gasteiger partial charge is 0.410 e. The van der Waals surface area contributed by atoms with Crippen molar-refractivity contribution in [3.05, 3.63) is 72.6 Å². The quantitative estimate of drug-likeness (QED) is 0.289. The van der Waals surface area contributed by atoms with Crippen LogP contribution in [-0.2, 0) is 9.53 Å². The number of carbonyl (C=O) groups excluding carboxylic acids is 2. The van der Waals surface area contributed by atoms with Gasteiger partial charge in [-0.1, -0.05) is 0 Å². The molecule has 5 rings (SSSR count). The first-order valence-corrected chi connectivity index (χ1v) is 13.9. The van der Waals surface area contributed by atoms with E-state index in [9.17, 15) is 24.2 Å². The molecule has 0 saturated carbocycles. The van der Waals surface area contributed by atoms with Gasteiger partial charge in [0.1, 0.15) is 29.1 Å². The summed E-state index contributed by atoms with van der Waals surface area (Å²) in [5.41, 5.74) is -0.427. The zero-order valence-corrected chi connectivity index (χ0v) is 24.9. The molecule has 0 aliphatic carbocycles. The molecule has 1 saturated heterocycles. The Bertz CT molecular complexity index is 1580. The Hall–Kier alpha value is -4.42. The van der Waals surface area contributed by atoms with Crippen LogP contribution in [0.15, 0.2) is 61.1 Å². The minimum Gasteiger partial charge on any atom is -0.444 e. The van der Waals surface area contributed by atoms with Crippen molar-refractivity contribution < 1.29 is 28.9 Å². The first-order chi connectivity index (χ1) is 20.2. The Morgan fingerprint density at radius 1 is 1.12 bits per heavy atom. The van der Waals surface area contributed by atoms with Crippen molar-refractivity contribution in [2.24, 2.45) is 0 Å². The SMILES string of the molecule is CC(C)(C)OC(=O)N1CCC(O)(C(O)c2ccc3cnc(Nc4ccc(-n5cccn5)cc4F)cc3n2)CC1.CC(C)=O. The number of ketones is 1. The Kier molecular flexibility index (Phi) is 9.41. The summed E-state index contributed by atoms with van der Waals surface area (Å²) >= 11 is 0. The second-order valence-electron chi connectivity index (χ2n) is 11.6. The highest BCUT2D eigenvalue weighted by Gasteiger charge is 2.42. The number of aliphatic hydroxyl groups is 2. The van der Waals surface area contributed by atoms with Crippen molar-refractivity contribution >= 4 is 34.3 Å². The monoisotopic (exact) mass is 592 g/mol. The number of ether oxygens (including phenoxy) is 1. The van der Waals surface area contributed by atoms with Crippen LogP contribution >= 0.6 is 0 Å². The topological polar surface area (TPSA) is 143 Å². The van der Waals surface area contributed by atoms with Crippen molar-refractivity contribution in [2.45, 2.75) is 64.8 Å². The van der Waals surface area contributed by atoms with Crippen molar-refractivity contribution in [1.82, 2.24) is 24.6 Å². The van der Waals surface area contributed by atoms with E-state index in [1.165, 1.54) is 24.8 Å². The number of halogens is 1. The number of likely N-dealkylation sites (tertiary alicyclic amines) is 1. The molecule has 1 unspecified atom stereocenters. The highest BCUT2D eigenvalue weighted by Crippen LogP contribution is 2.35. The summed E-state index contributed by atoms with van der Waals surface area (Å²) in [6.45, 7) is 8.95. The lowest BCUT2D eigenvalue weighted by molar-refractivity contribution is -0.115. The number of benzene rings is 1. The number of aliphatic hydroxyl groups excluding tert-OH is 1. The first kappa shape index (κ1) is 31.5. The molecule has 0 bridgehead atoms. The summed E-state index contributed by atoms with van der Waals surface area (Å²) in [4.78, 5) is 32.3. The van der Waals surface area contributed by atoms with E-state index in [0.717, 1.165) is 5.39 Å². The number of hydrogen-bond acceptors (Lipinski definition) is 9. The number of piperidine rings is 1. The van der Waals surface area contributed by atoms with Gasteiger partial charge in [0.05, 0.1) is 28.2 Å². The molecule has 228 valence electrons. The molecular weight excluding hydrogens is 555 g/mol. The Labute approximate surface area is 249 Å². The largest absolute Gasteiger partial charge is 0.444 e. The summed E-state index contributed by atoms with van der Waals surface area (Å²) in [6.07, 6.45) is 3.58. The molecule has 43 heavy (non-hydrogen) atoms. The van der Waals surface area contributed by atoms with Gasteiger partial charge in [-0.05, 0) is 77.8 Å². The Morgan fingerprint density at radius 2 is 1.81 bits per heavy atom. The lowest BCUT2D eigenvalue weighted by atomic mass is 9.84. The van der Waals surface area contributed by atoms with Crippen LogP contribution in [0.4, 0.5) is 20.7 Å². The van der Waals surface area contributed by atoms with Crippen LogP contribution < -0.4 is 5.32 Å². The number of Topliss-reactive ketones (excluding diaryl/α,β-unsaturated/α-hetero) is 1. The van der Waals surface area contributed by atoms with Crippen LogP contribution in [0.5, 0.6) is 0 Å². The van der Waals surface area contributed by atoms with E-state index in [1.807, 2.05) is 0 Å². The lowest BCUT2D eigenvalue weighted by Gasteiger charge is -2.40. The van der Waals surface area contributed by atoms with Crippen LogP contribution in [0.2, 0.25) is 0 Å². The fraction of sp³-hybridized carbons (Fsp3) is 0.387. The fourth-order valence-corrected chi connectivity index (χ4v) is 4.51. The highest BCUT2D eigenvalue weighted by atomic mass is 19.1. The van der Waals surface area contributed by atoms with E-state index in [4.69, 9.17) is 4.74 Å². The van der Waals surface area contributed by atoms with Crippen molar-refractivity contribution in [1.29, 1.82) is 0 Å². The molecule has 3 N–H and O–H groups in total. The molecule has 0 spiro atoms. The number of amides is 1. The van der Waals surface area contributed by atoms with Gasteiger partial charge in [0.25, 0.3) is 0 Å². The number of nitrogens with one attached hydrogen (secondary N) is 1. The van der Waals surface area contributed by atoms with Gasteiger partial charge in [0, 0.05) is 49.2 Å². The second kappa shape index (κ2) is 12.8. The molecular formula is C31H37FN6O5. The first-order valence-electron chi connectivity index (χ1n) is 13.9. The summed E-state index contributed by atoms with van der Waals surface area (Å²) in [5.74, 6) is 0.0683. The number of anilines is 2. The fourth-order valence-electron chi connectivity index (χ4n) is 4.51. The average Bonchev–Trinajstić information content (AvgIpc) is 3.48. The van der Waals surface area contributed by atoms with Gasteiger partial charge in [-0.2, -0.15) is 5.10 Å². The molecule has 1 aliphatic rings. The molecule has 4 heterocycles. The lowest BCUT2D eigenvalue weighted by Crippen LogP contribution is -2.50. The molecule has 1 aromatic carbocycles. The average molecular weight is 593 g/mol. The van der Waals surface area contributed by atoms with Crippen molar-refractivity contribution in [2.75, 3.05) is 18.4 Å². The standard InChI is InChI=1S/C28H31FN6O4.C3H6O/c1-27(2,3)39-26(37)34-13-9-28(38,10-14-34)25(36)22-7-5-18-17-30-24(16-23(18)32-22)33-21-8-6-19(15-20(21)29)35-12-4-11-31-35;1-3(2)4/h4-8,11-12,15-17,25,36,38H,9-10,13-14H2,1-3H3,(H,30,33);1-2H3. The molecule has 4 aromatic rings. The summed E-state index contributed by atoms with van der Waals surface area (Å²) < 4.78 is 21.8. The van der Waals surface area contributed by atoms with Gasteiger partial charge in [0.15, 0.2) is 0 Å². The maximum Gasteiger partial charge on any atom is 0.410 e. The molecule has 1 atom stereocenters. The molecule has 11 nitrogen and oxygen atoms in total. The Morgan fingerprint density at radius 3 is 2.42 bits per heavy atom. The summed E-state index contributed by atoms with van der Waals surface area (Å²) in [7, 11) is 0. The number of pyridine rings is 2. The molecule has 1 fully saturated rings. The zero-order chi connectivity index (χ0) is 31.4. The normalized spacial score (nSPS) is 15.3. The molecule has 1 aliphatic heterocycles.